The molecule has 1 saturated heterocycles. The fourth-order valence-electron chi connectivity index (χ4n) is 3.16. The number of sulfone groups is 1. The maximum atomic E-state index is 12.3. The molecule has 1 aromatic heterocycles. The van der Waals surface area contributed by atoms with E-state index in [4.69, 9.17) is 0 Å². The molecule has 1 amide bonds. The van der Waals surface area contributed by atoms with E-state index in [0.29, 0.717) is 24.8 Å². The summed E-state index contributed by atoms with van der Waals surface area (Å²) in [5.74, 6) is 0.758. The Morgan fingerprint density at radius 3 is 2.66 bits per heavy atom. The lowest BCUT2D eigenvalue weighted by atomic mass is 9.93. The third-order valence-electron chi connectivity index (χ3n) is 4.67. The van der Waals surface area contributed by atoms with Gasteiger partial charge in [0.25, 0.3) is 0 Å². The Hall–Kier alpha value is -0.920. The highest BCUT2D eigenvalue weighted by Crippen LogP contribution is 2.21. The van der Waals surface area contributed by atoms with Crippen LogP contribution in [0.4, 0.5) is 0 Å². The highest BCUT2D eigenvalue weighted by Gasteiger charge is 2.24. The van der Waals surface area contributed by atoms with E-state index in [1.807, 2.05) is 6.92 Å². The predicted octanol–water partition coefficient (Wildman–Crippen LogP) is 1.31. The second-order valence-corrected chi connectivity index (χ2v) is 10.1. The van der Waals surface area contributed by atoms with Crippen LogP contribution in [-0.4, -0.2) is 75.4 Å². The van der Waals surface area contributed by atoms with Gasteiger partial charge in [-0.25, -0.2) is 8.42 Å². The van der Waals surface area contributed by atoms with Gasteiger partial charge in [0.1, 0.15) is 4.21 Å². The van der Waals surface area contributed by atoms with Gasteiger partial charge in [-0.3, -0.25) is 9.79 Å². The Bertz CT molecular complexity index is 748. The molecule has 8 nitrogen and oxygen atoms in total. The molecular formula is C18H31IN4O4S2. The van der Waals surface area contributed by atoms with Crippen molar-refractivity contribution in [1.82, 2.24) is 15.5 Å². The fraction of sp³-hybridized carbons (Fsp3) is 0.667. The molecule has 0 saturated carbocycles. The van der Waals surface area contributed by atoms with Gasteiger partial charge in [-0.05, 0) is 37.1 Å². The molecule has 0 bridgehead atoms. The number of nitrogens with one attached hydrogen (secondary N) is 2. The molecule has 11 heteroatoms. The molecule has 1 unspecified atom stereocenters. The number of likely N-dealkylation sites (tertiary alicyclic amines) is 1. The Morgan fingerprint density at radius 1 is 1.41 bits per heavy atom. The van der Waals surface area contributed by atoms with Crippen LogP contribution in [0.3, 0.4) is 0 Å². The number of aliphatic imine (C=N–C) groups is 1. The van der Waals surface area contributed by atoms with Crippen molar-refractivity contribution in [2.24, 2.45) is 10.9 Å². The Kier molecular flexibility index (Phi) is 11.4. The van der Waals surface area contributed by atoms with E-state index < -0.39 is 15.9 Å². The van der Waals surface area contributed by atoms with Crippen LogP contribution in [0.15, 0.2) is 26.7 Å². The molecule has 0 spiro atoms. The zero-order valence-corrected chi connectivity index (χ0v) is 20.8. The minimum Gasteiger partial charge on any atom is -0.390 e. The molecule has 2 heterocycles. The minimum absolute atomic E-state index is 0. The molecule has 1 fully saturated rings. The maximum Gasteiger partial charge on any atom is 0.220 e. The highest BCUT2D eigenvalue weighted by molar-refractivity contribution is 14.0. The first-order valence-electron chi connectivity index (χ1n) is 9.53. The normalized spacial score (nSPS) is 16.8. The molecule has 0 aliphatic carbocycles. The van der Waals surface area contributed by atoms with Crippen molar-refractivity contribution in [3.05, 3.63) is 17.5 Å². The monoisotopic (exact) mass is 558 g/mol. The van der Waals surface area contributed by atoms with Gasteiger partial charge in [-0.1, -0.05) is 6.07 Å². The molecule has 1 aliphatic heterocycles. The van der Waals surface area contributed by atoms with Gasteiger partial charge in [0.15, 0.2) is 15.8 Å². The summed E-state index contributed by atoms with van der Waals surface area (Å²) in [6.45, 7) is 4.21. The van der Waals surface area contributed by atoms with Crippen molar-refractivity contribution in [3.63, 3.8) is 0 Å². The molecule has 1 aromatic rings. The smallest absolute Gasteiger partial charge is 0.220 e. The molecular weight excluding hydrogens is 527 g/mol. The summed E-state index contributed by atoms with van der Waals surface area (Å²) in [4.78, 5) is 18.1. The number of aliphatic hydroxyl groups excluding tert-OH is 1. The van der Waals surface area contributed by atoms with Gasteiger partial charge in [-0.15, -0.1) is 35.3 Å². The van der Waals surface area contributed by atoms with Crippen molar-refractivity contribution in [2.75, 3.05) is 39.0 Å². The number of hydrogen-bond donors (Lipinski definition) is 3. The Labute approximate surface area is 194 Å². The lowest BCUT2D eigenvalue weighted by molar-refractivity contribution is -0.121. The van der Waals surface area contributed by atoms with Crippen LogP contribution in [-0.2, 0) is 14.6 Å². The molecule has 3 N–H and O–H groups in total. The first-order chi connectivity index (χ1) is 13.4. The van der Waals surface area contributed by atoms with Crippen molar-refractivity contribution in [1.29, 1.82) is 0 Å². The molecule has 0 radical (unpaired) electrons. The number of amides is 1. The van der Waals surface area contributed by atoms with Crippen molar-refractivity contribution in [2.45, 2.75) is 36.5 Å². The van der Waals surface area contributed by atoms with E-state index in [9.17, 15) is 18.3 Å². The lowest BCUT2D eigenvalue weighted by Crippen LogP contribution is -2.46. The average Bonchev–Trinajstić information content (AvgIpc) is 3.21. The SMILES string of the molecule is CCNC(=NCC(O)CS(=O)(=O)c1cccs1)N1CCC(CC(=O)NC)CC1.I. The van der Waals surface area contributed by atoms with Gasteiger partial charge in [0.2, 0.25) is 5.91 Å². The number of carbonyl (C=O) groups is 1. The zero-order valence-electron chi connectivity index (χ0n) is 16.8. The number of halogens is 1. The van der Waals surface area contributed by atoms with Gasteiger partial charge in [0, 0.05) is 33.1 Å². The van der Waals surface area contributed by atoms with Crippen molar-refractivity contribution >= 4 is 57.0 Å². The quantitative estimate of drug-likeness (QED) is 0.252. The van der Waals surface area contributed by atoms with Crippen molar-refractivity contribution < 1.29 is 18.3 Å². The summed E-state index contributed by atoms with van der Waals surface area (Å²) in [5.41, 5.74) is 0. The van der Waals surface area contributed by atoms with Crippen molar-refractivity contribution in [3.8, 4) is 0 Å². The summed E-state index contributed by atoms with van der Waals surface area (Å²) < 4.78 is 24.8. The topological polar surface area (TPSA) is 111 Å². The van der Waals surface area contributed by atoms with Crippen LogP contribution < -0.4 is 10.6 Å². The van der Waals surface area contributed by atoms with Gasteiger partial charge in [0.05, 0.1) is 18.4 Å². The molecule has 0 aromatic carbocycles. The van der Waals surface area contributed by atoms with E-state index in [-0.39, 0.29) is 46.4 Å². The Morgan fingerprint density at radius 2 is 2.10 bits per heavy atom. The number of thiophene rings is 1. The maximum absolute atomic E-state index is 12.3. The summed E-state index contributed by atoms with van der Waals surface area (Å²) in [6.07, 6.45) is 1.27. The van der Waals surface area contributed by atoms with Crippen LogP contribution in [0.25, 0.3) is 0 Å². The minimum atomic E-state index is -3.50. The van der Waals surface area contributed by atoms with Crippen LogP contribution in [0.1, 0.15) is 26.2 Å². The fourth-order valence-corrected chi connectivity index (χ4v) is 5.63. The third-order valence-corrected chi connectivity index (χ3v) is 7.95. The average molecular weight is 559 g/mol. The molecule has 2 rings (SSSR count). The zero-order chi connectivity index (χ0) is 20.6. The van der Waals surface area contributed by atoms with E-state index in [0.717, 1.165) is 37.3 Å². The number of guanidine groups is 1. The Balaban J connectivity index is 0.00000420. The number of carbonyl (C=O) groups excluding carboxylic acids is 1. The summed E-state index contributed by atoms with van der Waals surface area (Å²) in [7, 11) is -1.85. The molecule has 1 atom stereocenters. The van der Waals surface area contributed by atoms with E-state index in [2.05, 4.69) is 20.5 Å². The molecule has 1 aliphatic rings. The lowest BCUT2D eigenvalue weighted by Gasteiger charge is -2.34. The second-order valence-electron chi connectivity index (χ2n) is 6.87. The summed E-state index contributed by atoms with van der Waals surface area (Å²) in [6, 6.07) is 3.22. The summed E-state index contributed by atoms with van der Waals surface area (Å²) in [5, 5.41) is 17.8. The van der Waals surface area contributed by atoms with E-state index in [1.54, 1.807) is 24.6 Å². The number of hydrogen-bond acceptors (Lipinski definition) is 6. The van der Waals surface area contributed by atoms with Gasteiger partial charge < -0.3 is 20.6 Å². The van der Waals surface area contributed by atoms with Gasteiger partial charge in [-0.2, -0.15) is 0 Å². The van der Waals surface area contributed by atoms with Crippen LogP contribution in [0, 0.1) is 5.92 Å². The second kappa shape index (κ2) is 12.7. The first-order valence-corrected chi connectivity index (χ1v) is 12.1. The van der Waals surface area contributed by atoms with Crippen LogP contribution in [0.2, 0.25) is 0 Å². The largest absolute Gasteiger partial charge is 0.390 e. The van der Waals surface area contributed by atoms with Crippen LogP contribution in [0.5, 0.6) is 0 Å². The van der Waals surface area contributed by atoms with E-state index >= 15 is 0 Å². The summed E-state index contributed by atoms with van der Waals surface area (Å²) >= 11 is 1.15. The molecule has 29 heavy (non-hydrogen) atoms. The number of piperidine rings is 1. The first kappa shape index (κ1) is 26.1. The predicted molar refractivity (Wildman–Crippen MR) is 127 cm³/mol. The standard InChI is InChI=1S/C18H30N4O4S2.HI/c1-3-20-18(22-8-6-14(7-9-22)11-16(24)19-2)21-12-15(23)13-28(25,26)17-5-4-10-27-17;/h4-5,10,14-15,23H,3,6-9,11-13H2,1-2H3,(H,19,24)(H,20,21);1H. The molecule has 166 valence electrons. The third kappa shape index (κ3) is 8.38. The highest BCUT2D eigenvalue weighted by atomic mass is 127. The number of nitrogens with zero attached hydrogens (tertiary/aromatic N) is 2. The van der Waals surface area contributed by atoms with Crippen LogP contribution >= 0.6 is 35.3 Å². The number of rotatable bonds is 8. The number of aliphatic hydroxyl groups is 1. The van der Waals surface area contributed by atoms with E-state index in [1.165, 1.54) is 0 Å². The van der Waals surface area contributed by atoms with Gasteiger partial charge >= 0.3 is 0 Å².